The Bertz CT molecular complexity index is 872. The number of carbonyl (C=O) groups is 1. The highest BCUT2D eigenvalue weighted by molar-refractivity contribution is 7.89. The van der Waals surface area contributed by atoms with Gasteiger partial charge >= 0.3 is 0 Å². The van der Waals surface area contributed by atoms with Gasteiger partial charge in [-0.3, -0.25) is 4.79 Å². The summed E-state index contributed by atoms with van der Waals surface area (Å²) in [5.74, 6) is -0.146. The zero-order valence-corrected chi connectivity index (χ0v) is 15.2. The largest absolute Gasteiger partial charge is 0.309 e. The number of hydrogen-bond acceptors (Lipinski definition) is 3. The molecule has 25 heavy (non-hydrogen) atoms. The zero-order chi connectivity index (χ0) is 18.0. The minimum absolute atomic E-state index is 0.0585. The summed E-state index contributed by atoms with van der Waals surface area (Å²) in [6, 6.07) is 13.9. The number of rotatable bonds is 6. The second-order valence-corrected chi connectivity index (χ2v) is 8.02. The van der Waals surface area contributed by atoms with Crippen LogP contribution in [-0.2, 0) is 10.0 Å². The van der Waals surface area contributed by atoms with E-state index >= 15 is 0 Å². The number of hydrogen-bond donors (Lipinski definition) is 1. The van der Waals surface area contributed by atoms with Crippen LogP contribution in [0.15, 0.2) is 53.4 Å². The minimum Gasteiger partial charge on any atom is -0.309 e. The van der Waals surface area contributed by atoms with E-state index in [-0.39, 0.29) is 16.8 Å². The maximum atomic E-state index is 12.8. The van der Waals surface area contributed by atoms with E-state index in [2.05, 4.69) is 4.72 Å². The van der Waals surface area contributed by atoms with E-state index in [1.807, 2.05) is 38.1 Å². The molecular formula is C19H22N2O3S. The third-order valence-electron chi connectivity index (χ3n) is 4.19. The van der Waals surface area contributed by atoms with Crippen molar-refractivity contribution in [2.75, 3.05) is 11.4 Å². The molecule has 0 radical (unpaired) electrons. The third-order valence-corrected chi connectivity index (χ3v) is 5.72. The first-order chi connectivity index (χ1) is 11.9. The molecule has 1 amide bonds. The van der Waals surface area contributed by atoms with Crippen molar-refractivity contribution < 1.29 is 13.2 Å². The molecule has 132 valence electrons. The van der Waals surface area contributed by atoms with Gasteiger partial charge in [0.1, 0.15) is 0 Å². The Labute approximate surface area is 148 Å². The molecule has 0 aromatic heterocycles. The summed E-state index contributed by atoms with van der Waals surface area (Å²) in [4.78, 5) is 14.7. The van der Waals surface area contributed by atoms with Crippen molar-refractivity contribution in [3.8, 4) is 0 Å². The normalized spacial score (nSPS) is 14.3. The van der Waals surface area contributed by atoms with Crippen LogP contribution in [0.3, 0.4) is 0 Å². The molecule has 1 aliphatic rings. The molecule has 2 aromatic rings. The Balaban J connectivity index is 1.82. The van der Waals surface area contributed by atoms with E-state index in [0.717, 1.165) is 24.1 Å². The Morgan fingerprint density at radius 3 is 2.40 bits per heavy atom. The average Bonchev–Trinajstić information content (AvgIpc) is 3.39. The summed E-state index contributed by atoms with van der Waals surface area (Å²) in [6.07, 6.45) is 1.77. The van der Waals surface area contributed by atoms with Crippen molar-refractivity contribution in [2.45, 2.75) is 37.6 Å². The molecule has 0 aliphatic heterocycles. The number of carbonyl (C=O) groups excluding carboxylic acids is 1. The fourth-order valence-corrected chi connectivity index (χ4v) is 3.97. The van der Waals surface area contributed by atoms with Crippen LogP contribution < -0.4 is 9.62 Å². The second-order valence-electron chi connectivity index (χ2n) is 6.31. The van der Waals surface area contributed by atoms with Crippen molar-refractivity contribution in [3.63, 3.8) is 0 Å². The molecule has 1 aliphatic carbocycles. The fourth-order valence-electron chi connectivity index (χ4n) is 2.66. The summed E-state index contributed by atoms with van der Waals surface area (Å²) in [5.41, 5.74) is 2.38. The van der Waals surface area contributed by atoms with Crippen molar-refractivity contribution in [1.29, 1.82) is 0 Å². The van der Waals surface area contributed by atoms with Gasteiger partial charge in [-0.25, -0.2) is 13.1 Å². The Morgan fingerprint density at radius 2 is 1.84 bits per heavy atom. The van der Waals surface area contributed by atoms with Gasteiger partial charge in [-0.05, 0) is 68.7 Å². The highest BCUT2D eigenvalue weighted by Crippen LogP contribution is 2.23. The first-order valence-electron chi connectivity index (χ1n) is 8.41. The van der Waals surface area contributed by atoms with E-state index in [1.165, 1.54) is 12.1 Å². The van der Waals surface area contributed by atoms with Crippen LogP contribution in [0.25, 0.3) is 0 Å². The number of nitrogens with zero attached hydrogens (tertiary/aromatic N) is 1. The maximum Gasteiger partial charge on any atom is 0.258 e. The first kappa shape index (κ1) is 17.6. The lowest BCUT2D eigenvalue weighted by Crippen LogP contribution is -2.30. The fraction of sp³-hybridized carbons (Fsp3) is 0.316. The van der Waals surface area contributed by atoms with E-state index in [9.17, 15) is 13.2 Å². The van der Waals surface area contributed by atoms with Gasteiger partial charge in [0, 0.05) is 23.8 Å². The molecule has 3 rings (SSSR count). The monoisotopic (exact) mass is 358 g/mol. The molecule has 6 heteroatoms. The van der Waals surface area contributed by atoms with Gasteiger partial charge in [0.25, 0.3) is 5.91 Å². The van der Waals surface area contributed by atoms with Crippen molar-refractivity contribution >= 4 is 21.6 Å². The number of amides is 1. The quantitative estimate of drug-likeness (QED) is 0.863. The zero-order valence-electron chi connectivity index (χ0n) is 14.4. The van der Waals surface area contributed by atoms with Crippen molar-refractivity contribution in [2.24, 2.45) is 0 Å². The highest BCUT2D eigenvalue weighted by atomic mass is 32.2. The molecule has 1 saturated carbocycles. The van der Waals surface area contributed by atoms with Gasteiger partial charge in [0.15, 0.2) is 0 Å². The van der Waals surface area contributed by atoms with Gasteiger partial charge in [-0.1, -0.05) is 12.1 Å². The van der Waals surface area contributed by atoms with E-state index in [1.54, 1.807) is 17.0 Å². The number of benzene rings is 2. The molecule has 5 nitrogen and oxygen atoms in total. The van der Waals surface area contributed by atoms with Crippen LogP contribution in [0.2, 0.25) is 0 Å². The summed E-state index contributed by atoms with van der Waals surface area (Å²) >= 11 is 0. The van der Waals surface area contributed by atoms with E-state index in [0.29, 0.717) is 12.1 Å². The van der Waals surface area contributed by atoms with Crippen LogP contribution in [0.4, 0.5) is 5.69 Å². The highest BCUT2D eigenvalue weighted by Gasteiger charge is 2.28. The molecule has 2 aromatic carbocycles. The number of nitrogens with one attached hydrogen (secondary N) is 1. The van der Waals surface area contributed by atoms with Crippen LogP contribution in [0.1, 0.15) is 35.7 Å². The molecule has 1 N–H and O–H groups in total. The van der Waals surface area contributed by atoms with Gasteiger partial charge in [0.05, 0.1) is 4.90 Å². The van der Waals surface area contributed by atoms with Crippen molar-refractivity contribution in [3.05, 3.63) is 59.7 Å². The first-order valence-corrected chi connectivity index (χ1v) is 9.90. The lowest BCUT2D eigenvalue weighted by molar-refractivity contribution is 0.0988. The molecule has 0 bridgehead atoms. The molecule has 0 unspecified atom stereocenters. The Hall–Kier alpha value is -2.18. The third kappa shape index (κ3) is 4.08. The summed E-state index contributed by atoms with van der Waals surface area (Å²) < 4.78 is 27.1. The number of aryl methyl sites for hydroxylation is 1. The van der Waals surface area contributed by atoms with Gasteiger partial charge in [-0.2, -0.15) is 0 Å². The van der Waals surface area contributed by atoms with Crippen LogP contribution in [-0.4, -0.2) is 26.9 Å². The molecular weight excluding hydrogens is 336 g/mol. The molecule has 0 atom stereocenters. The van der Waals surface area contributed by atoms with Crippen molar-refractivity contribution in [1.82, 2.24) is 4.72 Å². The number of anilines is 1. The van der Waals surface area contributed by atoms with Crippen LogP contribution >= 0.6 is 0 Å². The molecule has 0 spiro atoms. The SMILES string of the molecule is CCN(C(=O)c1ccc(S(=O)(=O)NC2CC2)cc1)c1cccc(C)c1. The van der Waals surface area contributed by atoms with Gasteiger partial charge in [-0.15, -0.1) is 0 Å². The standard InChI is InChI=1S/C19H22N2O3S/c1-3-21(17-6-4-5-14(2)13-17)19(22)15-7-11-18(12-8-15)25(23,24)20-16-9-10-16/h4-8,11-13,16,20H,3,9-10H2,1-2H3. The van der Waals surface area contributed by atoms with Gasteiger partial charge < -0.3 is 4.90 Å². The summed E-state index contributed by atoms with van der Waals surface area (Å²) in [5, 5.41) is 0. The second kappa shape index (κ2) is 6.98. The Kier molecular flexibility index (Phi) is 4.92. The smallest absolute Gasteiger partial charge is 0.258 e. The minimum atomic E-state index is -3.50. The average molecular weight is 358 g/mol. The molecule has 0 saturated heterocycles. The topological polar surface area (TPSA) is 66.5 Å². The van der Waals surface area contributed by atoms with Crippen LogP contribution in [0.5, 0.6) is 0 Å². The summed E-state index contributed by atoms with van der Waals surface area (Å²) in [7, 11) is -3.50. The van der Waals surface area contributed by atoms with E-state index < -0.39 is 10.0 Å². The number of sulfonamides is 1. The van der Waals surface area contributed by atoms with E-state index in [4.69, 9.17) is 0 Å². The van der Waals surface area contributed by atoms with Crippen LogP contribution in [0, 0.1) is 6.92 Å². The lowest BCUT2D eigenvalue weighted by atomic mass is 10.1. The molecule has 1 fully saturated rings. The maximum absolute atomic E-state index is 12.8. The lowest BCUT2D eigenvalue weighted by Gasteiger charge is -2.21. The summed E-state index contributed by atoms with van der Waals surface area (Å²) in [6.45, 7) is 4.43. The Morgan fingerprint density at radius 1 is 1.16 bits per heavy atom. The predicted molar refractivity (Wildman–Crippen MR) is 98.3 cm³/mol. The predicted octanol–water partition coefficient (Wildman–Crippen LogP) is 3.10. The molecule has 0 heterocycles. The van der Waals surface area contributed by atoms with Gasteiger partial charge in [0.2, 0.25) is 10.0 Å².